The van der Waals surface area contributed by atoms with Gasteiger partial charge in [-0.05, 0) is 11.0 Å². The van der Waals surface area contributed by atoms with Crippen molar-refractivity contribution in [3.63, 3.8) is 0 Å². The van der Waals surface area contributed by atoms with E-state index in [1.54, 1.807) is 12.1 Å². The van der Waals surface area contributed by atoms with Crippen molar-refractivity contribution >= 4 is 23.3 Å². The molecule has 0 unspecified atom stereocenters. The standard InChI is InChI=1S/C7H9BO4S/c9-8(10)7-3-1-2-6(4-7)5-13(11)12/h1-4,9-10,13H,5H2. The van der Waals surface area contributed by atoms with E-state index in [0.29, 0.717) is 11.0 Å². The van der Waals surface area contributed by atoms with Gasteiger partial charge in [0.1, 0.15) is 10.7 Å². The maximum Gasteiger partial charge on any atom is 0.488 e. The average Bonchev–Trinajstić information content (AvgIpc) is 2.03. The molecule has 70 valence electrons. The molecule has 6 heteroatoms. The fourth-order valence-electron chi connectivity index (χ4n) is 1.00. The topological polar surface area (TPSA) is 74.6 Å². The summed E-state index contributed by atoms with van der Waals surface area (Å²) in [6.45, 7) is 0. The fourth-order valence-corrected chi connectivity index (χ4v) is 1.50. The third-order valence-corrected chi connectivity index (χ3v) is 2.18. The largest absolute Gasteiger partial charge is 0.488 e. The first kappa shape index (κ1) is 10.2. The molecular weight excluding hydrogens is 191 g/mol. The van der Waals surface area contributed by atoms with Crippen molar-refractivity contribution in [2.45, 2.75) is 5.75 Å². The van der Waals surface area contributed by atoms with E-state index in [0.717, 1.165) is 0 Å². The summed E-state index contributed by atoms with van der Waals surface area (Å²) in [5, 5.41) is 17.6. The SMILES string of the molecule is O=[SH](=O)Cc1cccc(B(O)O)c1. The van der Waals surface area contributed by atoms with Crippen LogP contribution >= 0.6 is 0 Å². The summed E-state index contributed by atoms with van der Waals surface area (Å²) in [7, 11) is -4.02. The van der Waals surface area contributed by atoms with Gasteiger partial charge < -0.3 is 10.0 Å². The van der Waals surface area contributed by atoms with Crippen LogP contribution < -0.4 is 5.46 Å². The zero-order valence-electron chi connectivity index (χ0n) is 6.75. The molecule has 0 aliphatic heterocycles. The second-order valence-corrected chi connectivity index (χ2v) is 3.59. The third kappa shape index (κ3) is 3.18. The van der Waals surface area contributed by atoms with Gasteiger partial charge in [-0.25, -0.2) is 8.42 Å². The summed E-state index contributed by atoms with van der Waals surface area (Å²) in [5.41, 5.74) is 0.857. The smallest absolute Gasteiger partial charge is 0.423 e. The van der Waals surface area contributed by atoms with E-state index in [-0.39, 0.29) is 5.75 Å². The van der Waals surface area contributed by atoms with Gasteiger partial charge >= 0.3 is 7.12 Å². The van der Waals surface area contributed by atoms with Gasteiger partial charge in [0, 0.05) is 0 Å². The van der Waals surface area contributed by atoms with Crippen LogP contribution in [-0.2, 0) is 16.5 Å². The zero-order chi connectivity index (χ0) is 9.84. The van der Waals surface area contributed by atoms with E-state index in [2.05, 4.69) is 0 Å². The number of benzene rings is 1. The van der Waals surface area contributed by atoms with Crippen molar-refractivity contribution in [3.8, 4) is 0 Å². The lowest BCUT2D eigenvalue weighted by molar-refractivity contribution is 0.425. The quantitative estimate of drug-likeness (QED) is 0.409. The predicted octanol–water partition coefficient (Wildman–Crippen LogP) is -1.52. The Labute approximate surface area is 77.9 Å². The number of rotatable bonds is 3. The maximum absolute atomic E-state index is 10.4. The molecule has 2 N–H and O–H groups in total. The van der Waals surface area contributed by atoms with Crippen LogP contribution in [0.2, 0.25) is 0 Å². The average molecular weight is 200 g/mol. The molecular formula is C7H9BO4S. The molecule has 0 aromatic heterocycles. The van der Waals surface area contributed by atoms with Crippen molar-refractivity contribution in [3.05, 3.63) is 29.8 Å². The van der Waals surface area contributed by atoms with Crippen LogP contribution in [0.25, 0.3) is 0 Å². The lowest BCUT2D eigenvalue weighted by Gasteiger charge is -2.00. The molecule has 0 spiro atoms. The second-order valence-electron chi connectivity index (χ2n) is 2.61. The van der Waals surface area contributed by atoms with Crippen LogP contribution in [0.15, 0.2) is 24.3 Å². The highest BCUT2D eigenvalue weighted by Crippen LogP contribution is 1.98. The van der Waals surface area contributed by atoms with Crippen molar-refractivity contribution in [1.29, 1.82) is 0 Å². The summed E-state index contributed by atoms with van der Waals surface area (Å²) in [6, 6.07) is 6.18. The third-order valence-electron chi connectivity index (χ3n) is 1.56. The molecule has 0 heterocycles. The van der Waals surface area contributed by atoms with Crippen molar-refractivity contribution in [2.75, 3.05) is 0 Å². The molecule has 13 heavy (non-hydrogen) atoms. The summed E-state index contributed by atoms with van der Waals surface area (Å²) in [6.07, 6.45) is 0. The lowest BCUT2D eigenvalue weighted by atomic mass is 9.80. The Morgan fingerprint density at radius 1 is 1.31 bits per heavy atom. The summed E-state index contributed by atoms with van der Waals surface area (Å²) in [4.78, 5) is 0. The van der Waals surface area contributed by atoms with Crippen LogP contribution in [0.4, 0.5) is 0 Å². The van der Waals surface area contributed by atoms with Crippen LogP contribution in [0, 0.1) is 0 Å². The van der Waals surface area contributed by atoms with Gasteiger partial charge in [-0.15, -0.1) is 0 Å². The minimum atomic E-state index is -2.47. The van der Waals surface area contributed by atoms with Crippen molar-refractivity contribution in [2.24, 2.45) is 0 Å². The highest BCUT2D eigenvalue weighted by atomic mass is 32.2. The number of hydrogen-bond donors (Lipinski definition) is 3. The van der Waals surface area contributed by atoms with E-state index in [1.165, 1.54) is 12.1 Å². The summed E-state index contributed by atoms with van der Waals surface area (Å²) < 4.78 is 20.7. The Morgan fingerprint density at radius 3 is 2.54 bits per heavy atom. The van der Waals surface area contributed by atoms with Crippen molar-refractivity contribution < 1.29 is 18.5 Å². The van der Waals surface area contributed by atoms with E-state index in [4.69, 9.17) is 10.0 Å². The Kier molecular flexibility index (Phi) is 3.47. The predicted molar refractivity (Wildman–Crippen MR) is 50.3 cm³/mol. The molecule has 0 fully saturated rings. The molecule has 0 bridgehead atoms. The highest BCUT2D eigenvalue weighted by Gasteiger charge is 2.10. The van der Waals surface area contributed by atoms with E-state index in [9.17, 15) is 8.42 Å². The Hall–Kier alpha value is -0.845. The van der Waals surface area contributed by atoms with Gasteiger partial charge in [-0.3, -0.25) is 0 Å². The van der Waals surface area contributed by atoms with Gasteiger partial charge in [0.05, 0.1) is 5.75 Å². The fraction of sp³-hybridized carbons (Fsp3) is 0.143. The van der Waals surface area contributed by atoms with Gasteiger partial charge in [-0.2, -0.15) is 0 Å². The molecule has 1 rings (SSSR count). The normalized spacial score (nSPS) is 10.4. The van der Waals surface area contributed by atoms with Gasteiger partial charge in [0.2, 0.25) is 0 Å². The molecule has 1 aromatic carbocycles. The highest BCUT2D eigenvalue weighted by molar-refractivity contribution is 7.71. The molecule has 0 saturated carbocycles. The second kappa shape index (κ2) is 4.41. The first-order chi connectivity index (χ1) is 6.09. The first-order valence-corrected chi connectivity index (χ1v) is 5.02. The molecule has 0 atom stereocenters. The first-order valence-electron chi connectivity index (χ1n) is 3.66. The number of thiol groups is 1. The summed E-state index contributed by atoms with van der Waals surface area (Å²) >= 11 is 0. The molecule has 0 saturated heterocycles. The Balaban J connectivity index is 2.91. The minimum Gasteiger partial charge on any atom is -0.423 e. The van der Waals surface area contributed by atoms with E-state index >= 15 is 0 Å². The molecule has 0 radical (unpaired) electrons. The molecule has 0 aliphatic carbocycles. The van der Waals surface area contributed by atoms with Gasteiger partial charge in [0.25, 0.3) is 0 Å². The maximum atomic E-state index is 10.4. The molecule has 0 aliphatic rings. The lowest BCUT2D eigenvalue weighted by Crippen LogP contribution is -2.29. The monoisotopic (exact) mass is 200 g/mol. The molecule has 4 nitrogen and oxygen atoms in total. The van der Waals surface area contributed by atoms with Crippen LogP contribution in [-0.4, -0.2) is 25.6 Å². The van der Waals surface area contributed by atoms with Crippen LogP contribution in [0.1, 0.15) is 5.56 Å². The van der Waals surface area contributed by atoms with Crippen LogP contribution in [0.5, 0.6) is 0 Å². The summed E-state index contributed by atoms with van der Waals surface area (Å²) in [5.74, 6) is -0.0735. The molecule has 0 amide bonds. The molecule has 1 aromatic rings. The zero-order valence-corrected chi connectivity index (χ0v) is 7.65. The van der Waals surface area contributed by atoms with E-state index < -0.39 is 17.8 Å². The minimum absolute atomic E-state index is 0.0735. The number of hydrogen-bond acceptors (Lipinski definition) is 4. The Bertz CT molecular complexity index is 353. The van der Waals surface area contributed by atoms with Crippen molar-refractivity contribution in [1.82, 2.24) is 0 Å². The van der Waals surface area contributed by atoms with Crippen LogP contribution in [0.3, 0.4) is 0 Å². The van der Waals surface area contributed by atoms with Gasteiger partial charge in [0.15, 0.2) is 0 Å². The van der Waals surface area contributed by atoms with Gasteiger partial charge in [-0.1, -0.05) is 24.3 Å². The van der Waals surface area contributed by atoms with E-state index in [1.807, 2.05) is 0 Å². The Morgan fingerprint density at radius 2 is 2.00 bits per heavy atom.